The molecule has 41 heavy (non-hydrogen) atoms. The molecule has 1 rings (SSSR count). The number of hydrogen-bond donors (Lipinski definition) is 0. The molecule has 0 aromatic rings. The Morgan fingerprint density at radius 2 is 1.49 bits per heavy atom. The fourth-order valence-electron chi connectivity index (χ4n) is 3.43. The van der Waals surface area contributed by atoms with Gasteiger partial charge in [0.1, 0.15) is 12.7 Å². The van der Waals surface area contributed by atoms with Crippen LogP contribution in [0.25, 0.3) is 10.4 Å². The van der Waals surface area contributed by atoms with E-state index in [0.717, 1.165) is 27.7 Å². The average molecular weight is 656 g/mol. The van der Waals surface area contributed by atoms with E-state index >= 15 is 0 Å². The fraction of sp³-hybridized carbons (Fsp3) is 0.783. The van der Waals surface area contributed by atoms with Crippen molar-refractivity contribution in [1.29, 1.82) is 0 Å². The lowest BCUT2D eigenvalue weighted by atomic mass is 9.98. The Bertz CT molecular complexity index is 947. The van der Waals surface area contributed by atoms with E-state index < -0.39 is 78.3 Å². The highest BCUT2D eigenvalue weighted by molar-refractivity contribution is 9.10. The lowest BCUT2D eigenvalue weighted by molar-refractivity contribution is -0.339. The van der Waals surface area contributed by atoms with Gasteiger partial charge in [0.2, 0.25) is 6.29 Å². The smallest absolute Gasteiger partial charge is 0.324 e. The molecular weight excluding hydrogens is 622 g/mol. The number of carbonyl (C=O) groups is 5. The van der Waals surface area contributed by atoms with Crippen LogP contribution in [0, 0.1) is 0 Å². The van der Waals surface area contributed by atoms with Crippen molar-refractivity contribution >= 4 is 45.8 Å². The summed E-state index contributed by atoms with van der Waals surface area (Å²) in [6, 6.07) is 0. The highest BCUT2D eigenvalue weighted by Gasteiger charge is 2.54. The third-order valence-corrected chi connectivity index (χ3v) is 5.68. The normalized spacial score (nSPS) is 23.2. The van der Waals surface area contributed by atoms with Gasteiger partial charge in [0, 0.05) is 39.2 Å². The summed E-state index contributed by atoms with van der Waals surface area (Å²) in [7, 11) is 0. The summed E-state index contributed by atoms with van der Waals surface area (Å²) in [6.07, 6.45) is -8.77. The number of hydrogen-bond acceptors (Lipinski definition) is 15. The summed E-state index contributed by atoms with van der Waals surface area (Å²) in [5.41, 5.74) is 8.33. The van der Waals surface area contributed by atoms with Crippen LogP contribution in [-0.2, 0) is 66.6 Å². The van der Waals surface area contributed by atoms with Gasteiger partial charge >= 0.3 is 29.8 Å². The summed E-state index contributed by atoms with van der Waals surface area (Å²) in [5.74, 6) is -3.92. The zero-order chi connectivity index (χ0) is 30.9. The van der Waals surface area contributed by atoms with Crippen molar-refractivity contribution in [1.82, 2.24) is 0 Å². The van der Waals surface area contributed by atoms with Gasteiger partial charge in [0.05, 0.1) is 26.4 Å². The predicted molar refractivity (Wildman–Crippen MR) is 137 cm³/mol. The van der Waals surface area contributed by atoms with E-state index in [1.54, 1.807) is 6.92 Å². The molecule has 5 unspecified atom stereocenters. The maximum atomic E-state index is 12.5. The molecule has 1 aliphatic rings. The minimum atomic E-state index is -1.61. The van der Waals surface area contributed by atoms with Gasteiger partial charge < -0.3 is 42.6 Å². The van der Waals surface area contributed by atoms with Crippen molar-refractivity contribution in [3.8, 4) is 0 Å². The number of halogens is 1. The molecule has 1 heterocycles. The van der Waals surface area contributed by atoms with Crippen molar-refractivity contribution in [2.75, 3.05) is 39.6 Å². The molecule has 17 nitrogen and oxygen atoms in total. The van der Waals surface area contributed by atoms with Crippen LogP contribution in [0.3, 0.4) is 0 Å². The van der Waals surface area contributed by atoms with Crippen LogP contribution in [0.1, 0.15) is 34.6 Å². The second-order valence-corrected chi connectivity index (χ2v) is 9.15. The molecule has 232 valence electrons. The second-order valence-electron chi connectivity index (χ2n) is 8.16. The molecule has 0 bridgehead atoms. The summed E-state index contributed by atoms with van der Waals surface area (Å²) < 4.78 is 48.9. The Hall–Kier alpha value is -3.02. The van der Waals surface area contributed by atoms with Gasteiger partial charge in [-0.05, 0) is 12.5 Å². The average Bonchev–Trinajstić information content (AvgIpc) is 2.88. The number of carbonyl (C=O) groups excluding carboxylic acids is 5. The lowest BCUT2D eigenvalue weighted by Gasteiger charge is -2.44. The van der Waals surface area contributed by atoms with E-state index in [9.17, 15) is 24.0 Å². The first-order chi connectivity index (χ1) is 19.4. The molecule has 0 aliphatic carbocycles. The van der Waals surface area contributed by atoms with Gasteiger partial charge in [0.15, 0.2) is 29.4 Å². The highest BCUT2D eigenvalue weighted by atomic mass is 79.9. The molecule has 7 atom stereocenters. The topological polar surface area (TPSA) is 217 Å². The van der Waals surface area contributed by atoms with Gasteiger partial charge in [-0.2, -0.15) is 0 Å². The molecule has 0 N–H and O–H groups in total. The van der Waals surface area contributed by atoms with E-state index in [-0.39, 0.29) is 33.0 Å². The third kappa shape index (κ3) is 13.5. The van der Waals surface area contributed by atoms with E-state index in [1.807, 2.05) is 0 Å². The summed E-state index contributed by atoms with van der Waals surface area (Å²) in [5, 5.41) is 3.34. The third-order valence-electron chi connectivity index (χ3n) is 4.88. The van der Waals surface area contributed by atoms with E-state index in [4.69, 9.17) is 48.2 Å². The van der Waals surface area contributed by atoms with Crippen LogP contribution in [-0.4, -0.2) is 111 Å². The van der Waals surface area contributed by atoms with Crippen LogP contribution in [0.4, 0.5) is 0 Å². The number of alkyl halides is 1. The molecule has 0 saturated carbocycles. The van der Waals surface area contributed by atoms with Crippen molar-refractivity contribution < 1.29 is 66.6 Å². The van der Waals surface area contributed by atoms with Crippen molar-refractivity contribution in [3.63, 3.8) is 0 Å². The molecule has 0 aromatic heterocycles. The van der Waals surface area contributed by atoms with Crippen molar-refractivity contribution in [2.45, 2.75) is 76.4 Å². The zero-order valence-electron chi connectivity index (χ0n) is 23.2. The van der Waals surface area contributed by atoms with Gasteiger partial charge in [0.25, 0.3) is 0 Å². The van der Waals surface area contributed by atoms with Crippen LogP contribution >= 0.6 is 15.9 Å². The van der Waals surface area contributed by atoms with E-state index in [1.165, 1.54) is 0 Å². The number of rotatable bonds is 17. The molecule has 0 spiro atoms. The largest absolute Gasteiger partial charge is 0.465 e. The van der Waals surface area contributed by atoms with Crippen molar-refractivity contribution in [2.24, 2.45) is 5.11 Å². The number of ether oxygens (including phenoxy) is 9. The first-order valence-electron chi connectivity index (χ1n) is 12.4. The first kappa shape index (κ1) is 36.0. The standard InChI is InChI=1S/C23H34BrN3O14/c1-6-34-21(32)17(24)22(35-10-9-33-8-7-26-27-25)41-23-20(39-15(5)31)19(38-14(4)30)18(37-13(3)29)16(40-23)11-36-12(2)28/h16-20,22-23H,6-11H2,1-5H3/t16?,17?,18-,19?,20?,22?,23+/m0/s1. The fourth-order valence-corrected chi connectivity index (χ4v) is 3.84. The van der Waals surface area contributed by atoms with Gasteiger partial charge in [-0.1, -0.05) is 21.0 Å². The maximum absolute atomic E-state index is 12.5. The number of azide groups is 1. The summed E-state index contributed by atoms with van der Waals surface area (Å²) in [4.78, 5) is 61.3. The second kappa shape index (κ2) is 19.2. The first-order valence-corrected chi connectivity index (χ1v) is 13.3. The molecule has 0 amide bonds. The highest BCUT2D eigenvalue weighted by Crippen LogP contribution is 2.31. The monoisotopic (exact) mass is 655 g/mol. The van der Waals surface area contributed by atoms with Crippen LogP contribution in [0.2, 0.25) is 0 Å². The zero-order valence-corrected chi connectivity index (χ0v) is 24.8. The summed E-state index contributed by atoms with van der Waals surface area (Å²) >= 11 is 3.17. The molecule has 0 aromatic carbocycles. The van der Waals surface area contributed by atoms with Crippen LogP contribution in [0.15, 0.2) is 5.11 Å². The van der Waals surface area contributed by atoms with Gasteiger partial charge in [-0.25, -0.2) is 0 Å². The van der Waals surface area contributed by atoms with Gasteiger partial charge in [-0.3, -0.25) is 24.0 Å². The number of nitrogens with zero attached hydrogens (tertiary/aromatic N) is 3. The minimum Gasteiger partial charge on any atom is -0.465 e. The molecule has 1 saturated heterocycles. The SMILES string of the molecule is CCOC(=O)C(Br)C(OCCOCCN=[N+]=[N-])O[C@H]1OC(COC(C)=O)[C@H](OC(C)=O)C(OC(C)=O)C1OC(C)=O. The van der Waals surface area contributed by atoms with E-state index in [2.05, 4.69) is 26.0 Å². The Labute approximate surface area is 244 Å². The molecular formula is C23H34BrN3O14. The van der Waals surface area contributed by atoms with Gasteiger partial charge in [-0.15, -0.1) is 0 Å². The molecule has 1 aliphatic heterocycles. The Morgan fingerprint density at radius 1 is 0.878 bits per heavy atom. The Balaban J connectivity index is 3.36. The summed E-state index contributed by atoms with van der Waals surface area (Å²) in [6.45, 7) is 5.58. The van der Waals surface area contributed by atoms with Crippen LogP contribution in [0.5, 0.6) is 0 Å². The van der Waals surface area contributed by atoms with Crippen LogP contribution < -0.4 is 0 Å². The lowest BCUT2D eigenvalue weighted by Crippen LogP contribution is -2.63. The Kier molecular flexibility index (Phi) is 16.8. The van der Waals surface area contributed by atoms with E-state index in [0.29, 0.717) is 0 Å². The number of esters is 5. The quantitative estimate of drug-likeness (QED) is 0.0313. The Morgan fingerprint density at radius 3 is 2.05 bits per heavy atom. The maximum Gasteiger partial charge on any atom is 0.324 e. The molecule has 1 fully saturated rings. The van der Waals surface area contributed by atoms with Crippen molar-refractivity contribution in [3.05, 3.63) is 10.4 Å². The minimum absolute atomic E-state index is 0.00191. The molecule has 0 radical (unpaired) electrons. The molecule has 18 heteroatoms. The predicted octanol–water partition coefficient (Wildman–Crippen LogP) is 1.08.